The van der Waals surface area contributed by atoms with Crippen LogP contribution in [-0.2, 0) is 31.2 Å². The van der Waals surface area contributed by atoms with E-state index in [4.69, 9.17) is 0 Å². The molecule has 0 bridgehead atoms. The molecule has 2 heterocycles. The number of rotatable bonds is 7. The zero-order chi connectivity index (χ0) is 17.8. The Labute approximate surface area is 142 Å². The van der Waals surface area contributed by atoms with Crippen molar-refractivity contribution in [2.45, 2.75) is 25.4 Å². The molecule has 0 spiro atoms. The van der Waals surface area contributed by atoms with E-state index in [0.717, 1.165) is 16.1 Å². The molecule has 1 aromatic rings. The number of aromatic nitrogens is 1. The Balaban J connectivity index is 1.90. The summed E-state index contributed by atoms with van der Waals surface area (Å²) in [5.41, 5.74) is 0.840. The van der Waals surface area contributed by atoms with Gasteiger partial charge in [-0.1, -0.05) is 6.07 Å². The van der Waals surface area contributed by atoms with Gasteiger partial charge in [-0.2, -0.15) is 4.31 Å². The molecule has 1 atom stereocenters. The zero-order valence-electron chi connectivity index (χ0n) is 13.4. The third-order valence-corrected chi connectivity index (χ3v) is 6.90. The van der Waals surface area contributed by atoms with E-state index < -0.39 is 25.9 Å². The molecule has 1 fully saturated rings. The highest BCUT2D eigenvalue weighted by Crippen LogP contribution is 2.20. The number of carbonyl (C=O) groups excluding carboxylic acids is 1. The number of amides is 1. The predicted molar refractivity (Wildman–Crippen MR) is 89.3 cm³/mol. The van der Waals surface area contributed by atoms with Crippen molar-refractivity contribution < 1.29 is 21.6 Å². The maximum Gasteiger partial charge on any atom is 0.221 e. The summed E-state index contributed by atoms with van der Waals surface area (Å²) >= 11 is 0. The van der Waals surface area contributed by atoms with Crippen LogP contribution in [0.3, 0.4) is 0 Å². The first-order valence-corrected chi connectivity index (χ1v) is 11.2. The van der Waals surface area contributed by atoms with E-state index in [9.17, 15) is 21.6 Å². The standard InChI is InChI=1S/C14H21N3O5S2/c1-23(19,20)17(13-5-8-24(21,22)11-13)7-4-14(18)16-10-12-3-2-6-15-9-12/h2-3,6,9,13H,4-5,7-8,10-11H2,1H3,(H,16,18). The average Bonchev–Trinajstić information content (AvgIpc) is 2.85. The second-order valence-electron chi connectivity index (χ2n) is 5.82. The van der Waals surface area contributed by atoms with Gasteiger partial charge in [0.05, 0.1) is 17.8 Å². The van der Waals surface area contributed by atoms with E-state index in [-0.39, 0.29) is 36.8 Å². The van der Waals surface area contributed by atoms with Gasteiger partial charge in [0.2, 0.25) is 15.9 Å². The molecular formula is C14H21N3O5S2. The van der Waals surface area contributed by atoms with Crippen LogP contribution in [0.25, 0.3) is 0 Å². The molecule has 0 radical (unpaired) electrons. The summed E-state index contributed by atoms with van der Waals surface area (Å²) in [7, 11) is -6.78. The molecule has 2 rings (SSSR count). The minimum atomic E-state index is -3.58. The van der Waals surface area contributed by atoms with Crippen molar-refractivity contribution in [3.63, 3.8) is 0 Å². The number of sulfonamides is 1. The second-order valence-corrected chi connectivity index (χ2v) is 9.98. The molecule has 10 heteroatoms. The summed E-state index contributed by atoms with van der Waals surface area (Å²) in [6.07, 6.45) is 4.54. The lowest BCUT2D eigenvalue weighted by Gasteiger charge is -2.25. The topological polar surface area (TPSA) is 114 Å². The van der Waals surface area contributed by atoms with Crippen LogP contribution in [0.5, 0.6) is 0 Å². The quantitative estimate of drug-likeness (QED) is 0.690. The molecule has 8 nitrogen and oxygen atoms in total. The molecule has 134 valence electrons. The van der Waals surface area contributed by atoms with Gasteiger partial charge in [-0.25, -0.2) is 16.8 Å². The Kier molecular flexibility index (Phi) is 5.94. The van der Waals surface area contributed by atoms with Crippen LogP contribution < -0.4 is 5.32 Å². The largest absolute Gasteiger partial charge is 0.352 e. The van der Waals surface area contributed by atoms with Crippen molar-refractivity contribution in [3.8, 4) is 0 Å². The summed E-state index contributed by atoms with van der Waals surface area (Å²) in [5.74, 6) is -0.498. The molecule has 0 aromatic carbocycles. The number of nitrogens with one attached hydrogen (secondary N) is 1. The Morgan fingerprint density at radius 1 is 1.46 bits per heavy atom. The van der Waals surface area contributed by atoms with Gasteiger partial charge in [-0.05, 0) is 18.1 Å². The van der Waals surface area contributed by atoms with Crippen molar-refractivity contribution in [2.75, 3.05) is 24.3 Å². The lowest BCUT2D eigenvalue weighted by molar-refractivity contribution is -0.121. The van der Waals surface area contributed by atoms with E-state index in [0.29, 0.717) is 6.54 Å². The van der Waals surface area contributed by atoms with Crippen LogP contribution in [-0.4, -0.2) is 62.4 Å². The molecule has 1 aliphatic heterocycles. The molecule has 1 amide bonds. The van der Waals surface area contributed by atoms with Crippen LogP contribution in [0, 0.1) is 0 Å². The Bertz CT molecular complexity index is 778. The Morgan fingerprint density at radius 3 is 2.75 bits per heavy atom. The van der Waals surface area contributed by atoms with Gasteiger partial charge in [0.1, 0.15) is 0 Å². The van der Waals surface area contributed by atoms with Crippen LogP contribution in [0.15, 0.2) is 24.5 Å². The van der Waals surface area contributed by atoms with Crippen LogP contribution in [0.1, 0.15) is 18.4 Å². The average molecular weight is 375 g/mol. The lowest BCUT2D eigenvalue weighted by atomic mass is 10.2. The van der Waals surface area contributed by atoms with E-state index >= 15 is 0 Å². The summed E-state index contributed by atoms with van der Waals surface area (Å²) in [4.78, 5) is 15.9. The molecule has 0 saturated carbocycles. The molecule has 1 N–H and O–H groups in total. The van der Waals surface area contributed by atoms with E-state index in [1.54, 1.807) is 18.5 Å². The van der Waals surface area contributed by atoms with Crippen LogP contribution >= 0.6 is 0 Å². The monoisotopic (exact) mass is 375 g/mol. The first-order chi connectivity index (χ1) is 11.2. The third kappa shape index (κ3) is 5.53. The highest BCUT2D eigenvalue weighted by atomic mass is 32.2. The highest BCUT2D eigenvalue weighted by molar-refractivity contribution is 7.92. The Hall–Kier alpha value is -1.52. The predicted octanol–water partition coefficient (Wildman–Crippen LogP) is -0.463. The lowest BCUT2D eigenvalue weighted by Crippen LogP contribution is -2.42. The van der Waals surface area contributed by atoms with Crippen molar-refractivity contribution in [3.05, 3.63) is 30.1 Å². The first-order valence-electron chi connectivity index (χ1n) is 7.50. The fourth-order valence-corrected chi connectivity index (χ4v) is 5.59. The number of nitrogens with zero attached hydrogens (tertiary/aromatic N) is 2. The summed E-state index contributed by atoms with van der Waals surface area (Å²) in [6.45, 7) is 0.279. The van der Waals surface area contributed by atoms with Crippen molar-refractivity contribution in [1.29, 1.82) is 0 Å². The van der Waals surface area contributed by atoms with Gasteiger partial charge >= 0.3 is 0 Å². The number of sulfone groups is 1. The van der Waals surface area contributed by atoms with E-state index in [2.05, 4.69) is 10.3 Å². The van der Waals surface area contributed by atoms with Gasteiger partial charge in [0.15, 0.2) is 9.84 Å². The summed E-state index contributed by atoms with van der Waals surface area (Å²) in [6, 6.07) is 2.99. The van der Waals surface area contributed by atoms with Crippen LogP contribution in [0.4, 0.5) is 0 Å². The van der Waals surface area contributed by atoms with Gasteiger partial charge in [0.25, 0.3) is 0 Å². The van der Waals surface area contributed by atoms with Crippen molar-refractivity contribution in [2.24, 2.45) is 0 Å². The van der Waals surface area contributed by atoms with Gasteiger partial charge in [-0.15, -0.1) is 0 Å². The minimum absolute atomic E-state index is 0.0170. The fourth-order valence-electron chi connectivity index (χ4n) is 2.63. The van der Waals surface area contributed by atoms with Gasteiger partial charge in [-0.3, -0.25) is 9.78 Å². The SMILES string of the molecule is CS(=O)(=O)N(CCC(=O)NCc1cccnc1)C1CCS(=O)(=O)C1. The van der Waals surface area contributed by atoms with Crippen molar-refractivity contribution >= 4 is 25.8 Å². The number of carbonyl (C=O) groups is 1. The molecule has 0 aliphatic carbocycles. The number of hydrogen-bond donors (Lipinski definition) is 1. The number of pyridine rings is 1. The van der Waals surface area contributed by atoms with E-state index in [1.165, 1.54) is 0 Å². The molecule has 1 aromatic heterocycles. The summed E-state index contributed by atoms with van der Waals surface area (Å²) in [5, 5.41) is 2.69. The summed E-state index contributed by atoms with van der Waals surface area (Å²) < 4.78 is 48.1. The second kappa shape index (κ2) is 7.58. The maximum atomic E-state index is 11.9. The normalized spacial score (nSPS) is 20.2. The molecule has 1 saturated heterocycles. The van der Waals surface area contributed by atoms with Gasteiger partial charge < -0.3 is 5.32 Å². The maximum absolute atomic E-state index is 11.9. The van der Waals surface area contributed by atoms with Crippen molar-refractivity contribution in [1.82, 2.24) is 14.6 Å². The number of hydrogen-bond acceptors (Lipinski definition) is 6. The zero-order valence-corrected chi connectivity index (χ0v) is 15.0. The molecule has 24 heavy (non-hydrogen) atoms. The highest BCUT2D eigenvalue weighted by Gasteiger charge is 2.36. The third-order valence-electron chi connectivity index (χ3n) is 3.81. The molecule has 1 aliphatic rings. The Morgan fingerprint density at radius 2 is 2.21 bits per heavy atom. The van der Waals surface area contributed by atoms with Gasteiger partial charge in [0, 0.05) is 37.9 Å². The fraction of sp³-hybridized carbons (Fsp3) is 0.571. The molecular weight excluding hydrogens is 354 g/mol. The smallest absolute Gasteiger partial charge is 0.221 e. The van der Waals surface area contributed by atoms with E-state index in [1.807, 2.05) is 6.07 Å². The van der Waals surface area contributed by atoms with Crippen LogP contribution in [0.2, 0.25) is 0 Å². The molecule has 1 unspecified atom stereocenters. The minimum Gasteiger partial charge on any atom is -0.352 e. The first kappa shape index (κ1) is 18.8.